The van der Waals surface area contributed by atoms with Gasteiger partial charge in [-0.05, 0) is 44.7 Å². The lowest BCUT2D eigenvalue weighted by Gasteiger charge is -2.38. The summed E-state index contributed by atoms with van der Waals surface area (Å²) in [6, 6.07) is 1.49. The number of carbonyl (C=O) groups excluding carboxylic acids is 1. The van der Waals surface area contributed by atoms with Crippen LogP contribution in [0.4, 0.5) is 0 Å². The summed E-state index contributed by atoms with van der Waals surface area (Å²) >= 11 is 0. The van der Waals surface area contributed by atoms with Crippen molar-refractivity contribution in [1.82, 2.24) is 25.6 Å². The highest BCUT2D eigenvalue weighted by molar-refractivity contribution is 6.21. The van der Waals surface area contributed by atoms with E-state index in [2.05, 4.69) is 71.1 Å². The van der Waals surface area contributed by atoms with E-state index in [1.807, 2.05) is 36.9 Å². The molecule has 3 heterocycles. The lowest BCUT2D eigenvalue weighted by molar-refractivity contribution is -0.121. The zero-order valence-corrected chi connectivity index (χ0v) is 22.1. The van der Waals surface area contributed by atoms with Gasteiger partial charge in [0.1, 0.15) is 0 Å². The lowest BCUT2D eigenvalue weighted by Crippen LogP contribution is -2.57. The number of rotatable bonds is 6. The molecule has 3 aliphatic rings. The first kappa shape index (κ1) is 28.3. The summed E-state index contributed by atoms with van der Waals surface area (Å²) in [4.78, 5) is 12.1. The molecule has 0 aromatic carbocycles. The van der Waals surface area contributed by atoms with Gasteiger partial charge < -0.3 is 9.75 Å². The van der Waals surface area contributed by atoms with Crippen LogP contribution in [0, 0.1) is 5.92 Å². The van der Waals surface area contributed by atoms with E-state index < -0.39 is 6.04 Å². The largest absolute Gasteiger partial charge is 0.385 e. The van der Waals surface area contributed by atoms with Gasteiger partial charge in [-0.3, -0.25) is 4.79 Å². The molecule has 2 N–H and O–H groups in total. The van der Waals surface area contributed by atoms with Crippen LogP contribution in [-0.4, -0.2) is 52.7 Å². The van der Waals surface area contributed by atoms with E-state index >= 15 is 0 Å². The molecule has 0 radical (unpaired) electrons. The topological polar surface area (TPSA) is 83.8 Å². The molecule has 8 heteroatoms. The van der Waals surface area contributed by atoms with Gasteiger partial charge >= 0.3 is 0 Å². The third-order valence-corrected chi connectivity index (χ3v) is 5.57. The van der Waals surface area contributed by atoms with Gasteiger partial charge in [-0.25, -0.2) is 15.5 Å². The smallest absolute Gasteiger partial charge is 0.265 e. The molecule has 1 amide bonds. The normalized spacial score (nSPS) is 23.0. The fourth-order valence-corrected chi connectivity index (χ4v) is 3.87. The molecule has 8 nitrogen and oxygen atoms in total. The van der Waals surface area contributed by atoms with Crippen LogP contribution in [-0.2, 0) is 9.53 Å². The number of nitrogens with one attached hydrogen (secondary N) is 2. The van der Waals surface area contributed by atoms with Crippen molar-refractivity contribution >= 4 is 17.3 Å². The monoisotopic (exact) mass is 482 g/mol. The second kappa shape index (κ2) is 15.1. The maximum absolute atomic E-state index is 12.1. The first-order valence-electron chi connectivity index (χ1n) is 12.7. The van der Waals surface area contributed by atoms with Crippen molar-refractivity contribution < 1.29 is 9.53 Å². The van der Waals surface area contributed by atoms with E-state index in [0.717, 1.165) is 42.3 Å². The Morgan fingerprint density at radius 1 is 1.23 bits per heavy atom. The predicted octanol–water partition coefficient (Wildman–Crippen LogP) is 4.67. The van der Waals surface area contributed by atoms with Crippen LogP contribution in [0.15, 0.2) is 65.2 Å². The molecule has 1 fully saturated rings. The third kappa shape index (κ3) is 7.77. The number of fused-ring (bicyclic) bond motifs is 1. The molecule has 0 saturated carbocycles. The van der Waals surface area contributed by atoms with Crippen LogP contribution in [0.5, 0.6) is 0 Å². The highest BCUT2D eigenvalue weighted by Crippen LogP contribution is 2.28. The van der Waals surface area contributed by atoms with Crippen LogP contribution in [0.1, 0.15) is 60.3 Å². The van der Waals surface area contributed by atoms with Crippen LogP contribution in [0.2, 0.25) is 0 Å². The molecule has 4 rings (SSSR count). The number of hydrogen-bond donors (Lipinski definition) is 2. The van der Waals surface area contributed by atoms with Crippen molar-refractivity contribution in [1.29, 1.82) is 0 Å². The highest BCUT2D eigenvalue weighted by Gasteiger charge is 2.40. The van der Waals surface area contributed by atoms with Gasteiger partial charge in [-0.15, -0.1) is 0 Å². The highest BCUT2D eigenvalue weighted by atomic mass is 16.5. The quantitative estimate of drug-likeness (QED) is 0.576. The average Bonchev–Trinajstić information content (AvgIpc) is 3.54. The number of methoxy groups -OCH3 is 1. The fraction of sp³-hybridized carbons (Fsp3) is 0.519. The van der Waals surface area contributed by atoms with Crippen molar-refractivity contribution in [3.8, 4) is 0 Å². The van der Waals surface area contributed by atoms with Gasteiger partial charge in [-0.1, -0.05) is 57.9 Å². The van der Waals surface area contributed by atoms with Crippen molar-refractivity contribution in [3.63, 3.8) is 0 Å². The van der Waals surface area contributed by atoms with E-state index in [4.69, 9.17) is 4.74 Å². The number of hydrazine groups is 1. The maximum atomic E-state index is 12.1. The Labute approximate surface area is 210 Å². The molecule has 1 aromatic rings. The number of carbonyl (C=O) groups is 1. The molecule has 0 bridgehead atoms. The number of unbranched alkanes of at least 4 members (excludes halogenated alkanes) is 1. The third-order valence-electron chi connectivity index (χ3n) is 5.57. The van der Waals surface area contributed by atoms with Gasteiger partial charge in [0.2, 0.25) is 0 Å². The minimum Gasteiger partial charge on any atom is -0.385 e. The Morgan fingerprint density at radius 3 is 2.51 bits per heavy atom. The number of hydrogen-bond acceptors (Lipinski definition) is 6. The van der Waals surface area contributed by atoms with Gasteiger partial charge in [0.05, 0.1) is 17.1 Å². The summed E-state index contributed by atoms with van der Waals surface area (Å²) in [6.45, 7) is 12.1. The van der Waals surface area contributed by atoms with Gasteiger partial charge in [-0.2, -0.15) is 10.2 Å². The second-order valence-electron chi connectivity index (χ2n) is 8.51. The van der Waals surface area contributed by atoms with Crippen LogP contribution < -0.4 is 10.9 Å². The first-order chi connectivity index (χ1) is 17.0. The molecule has 1 saturated heterocycles. The summed E-state index contributed by atoms with van der Waals surface area (Å²) in [6.07, 6.45) is 18.9. The molecule has 0 spiro atoms. The minimum atomic E-state index is -0.423. The number of aromatic nitrogens is 2. The van der Waals surface area contributed by atoms with Crippen molar-refractivity contribution in [2.75, 3.05) is 20.3 Å². The average molecular weight is 483 g/mol. The predicted molar refractivity (Wildman–Crippen MR) is 143 cm³/mol. The molecule has 35 heavy (non-hydrogen) atoms. The van der Waals surface area contributed by atoms with Gasteiger partial charge in [0, 0.05) is 38.2 Å². The first-order valence-corrected chi connectivity index (χ1v) is 12.7. The Kier molecular flexibility index (Phi) is 12.2. The molecule has 1 aromatic heterocycles. The Hall–Kier alpha value is -2.97. The molecule has 2 aliphatic heterocycles. The van der Waals surface area contributed by atoms with Crippen LogP contribution in [0.25, 0.3) is 5.70 Å². The number of ether oxygens (including phenoxy) is 1. The second-order valence-corrected chi connectivity index (χ2v) is 8.51. The molecule has 2 unspecified atom stereocenters. The zero-order valence-electron chi connectivity index (χ0n) is 22.1. The van der Waals surface area contributed by atoms with E-state index in [-0.39, 0.29) is 5.91 Å². The van der Waals surface area contributed by atoms with E-state index in [9.17, 15) is 4.79 Å². The zero-order chi connectivity index (χ0) is 25.6. The maximum Gasteiger partial charge on any atom is 0.265 e. The van der Waals surface area contributed by atoms with Crippen molar-refractivity contribution in [2.45, 2.75) is 66.3 Å². The van der Waals surface area contributed by atoms with Gasteiger partial charge in [0.25, 0.3) is 5.91 Å². The summed E-state index contributed by atoms with van der Waals surface area (Å²) in [7, 11) is 1.73. The SMILES string of the molecule is C/C=C1/C2=NNC(=O)C2NN(CC2C=CC(n3cccn3)=CC2)/C1=C/C.CCC.CCCCOC. The summed E-state index contributed by atoms with van der Waals surface area (Å²) in [5.74, 6) is 0.234. The Bertz CT molecular complexity index is 939. The number of amides is 1. The fourth-order valence-electron chi connectivity index (χ4n) is 3.87. The summed E-state index contributed by atoms with van der Waals surface area (Å²) in [5, 5.41) is 10.5. The lowest BCUT2D eigenvalue weighted by atomic mass is 9.94. The molecule has 2 atom stereocenters. The molecular weight excluding hydrogens is 440 g/mol. The van der Waals surface area contributed by atoms with E-state index in [1.165, 1.54) is 19.3 Å². The van der Waals surface area contributed by atoms with Crippen molar-refractivity contribution in [3.05, 3.63) is 60.1 Å². The Morgan fingerprint density at radius 2 is 2.00 bits per heavy atom. The summed E-state index contributed by atoms with van der Waals surface area (Å²) in [5.41, 5.74) is 9.80. The van der Waals surface area contributed by atoms with Crippen LogP contribution >= 0.6 is 0 Å². The molecular formula is C27H42N6O2. The minimum absolute atomic E-state index is 0.112. The van der Waals surface area contributed by atoms with Crippen molar-refractivity contribution in [2.24, 2.45) is 11.0 Å². The number of hydrazone groups is 1. The van der Waals surface area contributed by atoms with E-state index in [0.29, 0.717) is 5.92 Å². The van der Waals surface area contributed by atoms with Gasteiger partial charge in [0.15, 0.2) is 6.04 Å². The molecule has 192 valence electrons. The number of nitrogens with zero attached hydrogens (tertiary/aromatic N) is 4. The Balaban J connectivity index is 0.000000415. The molecule has 1 aliphatic carbocycles. The number of allylic oxidation sites excluding steroid dienone is 6. The van der Waals surface area contributed by atoms with E-state index in [1.54, 1.807) is 13.3 Å². The standard InChI is InChI=1S/C19H22N6O.C5H12O.C3H8/c1-3-15-16(4-2)25(23-18-17(15)21-22-19(18)26)12-13-6-8-14(9-7-13)24-11-5-10-20-24;1-3-4-5-6-2;1-3-2/h3-6,8-11,13,18,23H,7,12H2,1-2H3,(H,22,26);3-5H2,1-2H3;3H2,1-2H3/b15-3+,16-4+;;. The summed E-state index contributed by atoms with van der Waals surface area (Å²) < 4.78 is 6.65. The van der Waals surface area contributed by atoms with Crippen LogP contribution in [0.3, 0.4) is 0 Å².